The van der Waals surface area contributed by atoms with Crippen molar-refractivity contribution in [3.63, 3.8) is 0 Å². The molecule has 0 radical (unpaired) electrons. The fraction of sp³-hybridized carbons (Fsp3) is 0.0769. The molecule has 0 amide bonds. The third-order valence-corrected chi connectivity index (χ3v) is 3.08. The number of ether oxygens (including phenoxy) is 1. The summed E-state index contributed by atoms with van der Waals surface area (Å²) in [5, 5.41) is 13.7. The molecule has 8 heteroatoms. The molecule has 0 aliphatic carbocycles. The van der Waals surface area contributed by atoms with Crippen LogP contribution in [0.4, 0.5) is 8.78 Å². The number of primary sulfonamides is 1. The van der Waals surface area contributed by atoms with Gasteiger partial charge in [0.05, 0.1) is 4.90 Å². The van der Waals surface area contributed by atoms with Crippen LogP contribution < -0.4 is 9.88 Å². The van der Waals surface area contributed by atoms with Gasteiger partial charge >= 0.3 is 6.61 Å². The molecule has 2 rings (SSSR count). The Kier molecular flexibility index (Phi) is 6.07. The fourth-order valence-corrected chi connectivity index (χ4v) is 1.80. The van der Waals surface area contributed by atoms with E-state index < -0.39 is 16.6 Å². The van der Waals surface area contributed by atoms with Gasteiger partial charge in [-0.05, 0) is 24.3 Å². The number of para-hydroxylation sites is 2. The van der Waals surface area contributed by atoms with Crippen LogP contribution in [0, 0.1) is 0 Å². The summed E-state index contributed by atoms with van der Waals surface area (Å²) in [5.74, 6) is -0.490. The van der Waals surface area contributed by atoms with Crippen LogP contribution in [-0.2, 0) is 10.0 Å². The molecule has 0 aliphatic rings. The maximum Gasteiger partial charge on any atom is 0.387 e. The molecule has 0 fully saturated rings. The number of hydrogen-bond donors (Lipinski definition) is 2. The zero-order valence-electron chi connectivity index (χ0n) is 10.7. The van der Waals surface area contributed by atoms with E-state index in [1.807, 2.05) is 0 Å². The van der Waals surface area contributed by atoms with Gasteiger partial charge in [0.2, 0.25) is 10.0 Å². The minimum atomic E-state index is -3.50. The molecule has 2 aromatic carbocycles. The average Bonchev–Trinajstić information content (AvgIpc) is 2.42. The number of phenols is 1. The van der Waals surface area contributed by atoms with E-state index in [0.29, 0.717) is 0 Å². The second-order valence-electron chi connectivity index (χ2n) is 3.70. The van der Waals surface area contributed by atoms with Gasteiger partial charge in [-0.25, -0.2) is 13.6 Å². The van der Waals surface area contributed by atoms with Crippen LogP contribution in [0.1, 0.15) is 0 Å². The highest BCUT2D eigenvalue weighted by Crippen LogP contribution is 2.25. The van der Waals surface area contributed by atoms with Gasteiger partial charge in [0.15, 0.2) is 11.5 Å². The highest BCUT2D eigenvalue weighted by molar-refractivity contribution is 7.89. The summed E-state index contributed by atoms with van der Waals surface area (Å²) >= 11 is 0. The Morgan fingerprint density at radius 2 is 1.52 bits per heavy atom. The molecule has 3 N–H and O–H groups in total. The smallest absolute Gasteiger partial charge is 0.387 e. The molecular weight excluding hydrogens is 304 g/mol. The molecule has 0 atom stereocenters. The van der Waals surface area contributed by atoms with Gasteiger partial charge in [0.25, 0.3) is 0 Å². The number of phenolic OH excluding ortho intramolecular Hbond substituents is 1. The van der Waals surface area contributed by atoms with E-state index in [0.717, 1.165) is 0 Å². The number of aromatic hydroxyl groups is 1. The van der Waals surface area contributed by atoms with Crippen LogP contribution in [0.5, 0.6) is 11.5 Å². The monoisotopic (exact) mass is 317 g/mol. The van der Waals surface area contributed by atoms with Gasteiger partial charge in [-0.1, -0.05) is 30.3 Å². The summed E-state index contributed by atoms with van der Waals surface area (Å²) in [5.41, 5.74) is 0. The van der Waals surface area contributed by atoms with Crippen molar-refractivity contribution in [2.24, 2.45) is 5.14 Å². The Hall–Kier alpha value is -2.19. The maximum absolute atomic E-state index is 11.6. The quantitative estimate of drug-likeness (QED) is 0.909. The second kappa shape index (κ2) is 7.55. The van der Waals surface area contributed by atoms with Crippen LogP contribution in [0.2, 0.25) is 0 Å². The molecular formula is C13H13F2NO4S. The largest absolute Gasteiger partial charge is 0.504 e. The van der Waals surface area contributed by atoms with Crippen LogP contribution in [0.25, 0.3) is 0 Å². The first-order valence-electron chi connectivity index (χ1n) is 5.61. The second-order valence-corrected chi connectivity index (χ2v) is 5.27. The molecule has 0 saturated carbocycles. The Balaban J connectivity index is 0.000000211. The molecule has 0 unspecified atom stereocenters. The Bertz CT molecular complexity index is 663. The predicted molar refractivity (Wildman–Crippen MR) is 72.6 cm³/mol. The molecule has 0 bridgehead atoms. The van der Waals surface area contributed by atoms with Crippen molar-refractivity contribution in [2.45, 2.75) is 11.5 Å². The van der Waals surface area contributed by atoms with E-state index in [4.69, 9.17) is 10.2 Å². The Labute approximate surface area is 120 Å². The van der Waals surface area contributed by atoms with E-state index in [2.05, 4.69) is 4.74 Å². The number of nitrogens with two attached hydrogens (primary N) is 1. The highest BCUT2D eigenvalue weighted by Gasteiger charge is 2.06. The maximum atomic E-state index is 11.6. The standard InChI is InChI=1S/C7H6F2O2.C6H7NO2S/c8-7(9)11-6-4-2-1-3-5(6)10;7-10(8,9)6-4-2-1-3-5-6/h1-4,7,10H;1-5H,(H2,7,8,9). The minimum absolute atomic E-state index is 0.148. The van der Waals surface area contributed by atoms with Crippen LogP contribution in [0.15, 0.2) is 59.5 Å². The normalized spacial score (nSPS) is 10.7. The average molecular weight is 317 g/mol. The lowest BCUT2D eigenvalue weighted by Crippen LogP contribution is -2.11. The van der Waals surface area contributed by atoms with Crippen molar-refractivity contribution < 1.29 is 27.0 Å². The van der Waals surface area contributed by atoms with Crippen LogP contribution in [-0.4, -0.2) is 20.1 Å². The molecule has 21 heavy (non-hydrogen) atoms. The Morgan fingerprint density at radius 3 is 1.95 bits per heavy atom. The molecule has 0 heterocycles. The van der Waals surface area contributed by atoms with Gasteiger partial charge in [-0.15, -0.1) is 0 Å². The molecule has 0 spiro atoms. The van der Waals surface area contributed by atoms with E-state index in [1.54, 1.807) is 18.2 Å². The van der Waals surface area contributed by atoms with Crippen molar-refractivity contribution in [3.05, 3.63) is 54.6 Å². The summed E-state index contributed by atoms with van der Waals surface area (Å²) in [6.45, 7) is -2.90. The highest BCUT2D eigenvalue weighted by atomic mass is 32.2. The molecule has 114 valence electrons. The molecule has 2 aromatic rings. The molecule has 5 nitrogen and oxygen atoms in total. The van der Waals surface area contributed by atoms with Gasteiger partial charge in [-0.2, -0.15) is 8.78 Å². The van der Waals surface area contributed by atoms with Crippen LogP contribution >= 0.6 is 0 Å². The fourth-order valence-electron chi connectivity index (χ4n) is 1.26. The van der Waals surface area contributed by atoms with Gasteiger partial charge in [0.1, 0.15) is 0 Å². The predicted octanol–water partition coefficient (Wildman–Crippen LogP) is 2.33. The Morgan fingerprint density at radius 1 is 1.00 bits per heavy atom. The van der Waals surface area contributed by atoms with Crippen LogP contribution in [0.3, 0.4) is 0 Å². The number of sulfonamides is 1. The van der Waals surface area contributed by atoms with Crippen molar-refractivity contribution in [1.82, 2.24) is 0 Å². The molecule has 0 aromatic heterocycles. The van der Waals surface area contributed by atoms with E-state index in [-0.39, 0.29) is 16.4 Å². The van der Waals surface area contributed by atoms with Gasteiger partial charge < -0.3 is 9.84 Å². The summed E-state index contributed by atoms with van der Waals surface area (Å²) < 4.78 is 48.3. The van der Waals surface area contributed by atoms with Crippen molar-refractivity contribution in [2.75, 3.05) is 0 Å². The minimum Gasteiger partial charge on any atom is -0.504 e. The van der Waals surface area contributed by atoms with Gasteiger partial charge in [-0.3, -0.25) is 0 Å². The zero-order valence-corrected chi connectivity index (χ0v) is 11.5. The number of hydrogen-bond acceptors (Lipinski definition) is 4. The van der Waals surface area contributed by atoms with Gasteiger partial charge in [0, 0.05) is 0 Å². The third-order valence-electron chi connectivity index (χ3n) is 2.15. The van der Waals surface area contributed by atoms with Crippen molar-refractivity contribution >= 4 is 10.0 Å². The first-order chi connectivity index (χ1) is 9.80. The summed E-state index contributed by atoms with van der Waals surface area (Å²) in [7, 11) is -3.50. The first-order valence-corrected chi connectivity index (χ1v) is 7.16. The summed E-state index contributed by atoms with van der Waals surface area (Å²) in [6.07, 6.45) is 0. The number of benzene rings is 2. The third kappa shape index (κ3) is 6.19. The number of rotatable bonds is 3. The van der Waals surface area contributed by atoms with Crippen molar-refractivity contribution in [1.29, 1.82) is 0 Å². The van der Waals surface area contributed by atoms with E-state index in [1.165, 1.54) is 36.4 Å². The number of halogens is 2. The zero-order chi connectivity index (χ0) is 15.9. The topological polar surface area (TPSA) is 89.6 Å². The number of alkyl halides is 2. The lowest BCUT2D eigenvalue weighted by Gasteiger charge is -2.04. The lowest BCUT2D eigenvalue weighted by molar-refractivity contribution is -0.0512. The lowest BCUT2D eigenvalue weighted by atomic mass is 10.3. The molecule has 0 saturated heterocycles. The summed E-state index contributed by atoms with van der Waals surface area (Å²) in [6, 6.07) is 13.4. The molecule has 0 aliphatic heterocycles. The summed E-state index contributed by atoms with van der Waals surface area (Å²) in [4.78, 5) is 0.148. The van der Waals surface area contributed by atoms with E-state index in [9.17, 15) is 17.2 Å². The van der Waals surface area contributed by atoms with E-state index >= 15 is 0 Å². The van der Waals surface area contributed by atoms with Crippen molar-refractivity contribution in [3.8, 4) is 11.5 Å². The first kappa shape index (κ1) is 16.9. The SMILES string of the molecule is NS(=O)(=O)c1ccccc1.Oc1ccccc1OC(F)F.